The molecule has 1 aliphatic rings. The maximum atomic E-state index is 5.57. The third-order valence-electron chi connectivity index (χ3n) is 5.79. The van der Waals surface area contributed by atoms with E-state index in [-0.39, 0.29) is 0 Å². The van der Waals surface area contributed by atoms with E-state index in [0.29, 0.717) is 0 Å². The third kappa shape index (κ3) is 22.3. The van der Waals surface area contributed by atoms with Gasteiger partial charge in [0.1, 0.15) is 0 Å². The van der Waals surface area contributed by atoms with Gasteiger partial charge >= 0.3 is 0 Å². The summed E-state index contributed by atoms with van der Waals surface area (Å²) in [5.41, 5.74) is 5.48. The van der Waals surface area contributed by atoms with E-state index in [9.17, 15) is 0 Å². The van der Waals surface area contributed by atoms with Crippen LogP contribution in [0.25, 0.3) is 0 Å². The first-order chi connectivity index (χ1) is 13.3. The Morgan fingerprint density at radius 2 is 1.07 bits per heavy atom. The van der Waals surface area contributed by atoms with Gasteiger partial charge in [-0.25, -0.2) is 0 Å². The van der Waals surface area contributed by atoms with Gasteiger partial charge in [-0.3, -0.25) is 0 Å². The summed E-state index contributed by atoms with van der Waals surface area (Å²) in [5, 5.41) is 0. The minimum atomic E-state index is -0.605. The van der Waals surface area contributed by atoms with Crippen LogP contribution < -0.4 is 5.73 Å². The predicted octanol–water partition coefficient (Wildman–Crippen LogP) is 7.75. The van der Waals surface area contributed by atoms with Gasteiger partial charge in [0.2, 0.25) is 0 Å². The van der Waals surface area contributed by atoms with E-state index in [1.807, 2.05) is 0 Å². The topological polar surface area (TPSA) is 35.2 Å². The van der Waals surface area contributed by atoms with Crippen LogP contribution >= 0.6 is 0 Å². The molecule has 1 atom stereocenters. The van der Waals surface area contributed by atoms with Crippen LogP contribution in [-0.4, -0.2) is 22.2 Å². The molecule has 0 aromatic rings. The molecule has 1 unspecified atom stereocenters. The van der Waals surface area contributed by atoms with E-state index >= 15 is 0 Å². The average molecular weight is 400 g/mol. The first-order valence-corrected chi connectivity index (χ1v) is 14.8. The second-order valence-electron chi connectivity index (χ2n) is 8.49. The zero-order valence-electron chi connectivity index (χ0n) is 19.1. The Morgan fingerprint density at radius 1 is 0.630 bits per heavy atom. The molecule has 0 aliphatic carbocycles. The van der Waals surface area contributed by atoms with Crippen LogP contribution in [0.15, 0.2) is 0 Å². The van der Waals surface area contributed by atoms with E-state index in [0.717, 1.165) is 13.2 Å². The molecule has 27 heavy (non-hydrogen) atoms. The summed E-state index contributed by atoms with van der Waals surface area (Å²) in [7, 11) is -0.605. The van der Waals surface area contributed by atoms with Crippen molar-refractivity contribution in [2.24, 2.45) is 5.73 Å². The Morgan fingerprint density at radius 3 is 1.37 bits per heavy atom. The monoisotopic (exact) mass is 399 g/mol. The highest BCUT2D eigenvalue weighted by molar-refractivity contribution is 6.51. The molecule has 0 saturated carbocycles. The lowest BCUT2D eigenvalue weighted by molar-refractivity contribution is 0.287. The molecule has 1 rings (SSSR count). The first-order valence-electron chi connectivity index (χ1n) is 12.7. The van der Waals surface area contributed by atoms with Crippen LogP contribution in [0.2, 0.25) is 12.1 Å². The fraction of sp³-hybridized carbons (Fsp3) is 1.00. The predicted molar refractivity (Wildman–Crippen MR) is 126 cm³/mol. The maximum Gasteiger partial charge on any atom is 0.176 e. The number of nitrogens with two attached hydrogens (primary N) is 1. The lowest BCUT2D eigenvalue weighted by atomic mass is 10.0. The largest absolute Gasteiger partial charge is 0.420 e. The van der Waals surface area contributed by atoms with Crippen LogP contribution in [0.5, 0.6) is 0 Å². The summed E-state index contributed by atoms with van der Waals surface area (Å²) in [6.07, 6.45) is 25.6. The summed E-state index contributed by atoms with van der Waals surface area (Å²) in [5.74, 6) is 0. The normalized spacial score (nSPS) is 16.8. The van der Waals surface area contributed by atoms with Gasteiger partial charge in [-0.05, 0) is 31.5 Å². The first kappa shape index (κ1) is 27.1. The molecule has 2 N–H and O–H groups in total. The summed E-state index contributed by atoms with van der Waals surface area (Å²) >= 11 is 0. The van der Waals surface area contributed by atoms with Gasteiger partial charge in [-0.2, -0.15) is 0 Å². The highest BCUT2D eigenvalue weighted by Gasteiger charge is 2.12. The van der Waals surface area contributed by atoms with Gasteiger partial charge in [0.05, 0.1) is 0 Å². The Hall–Kier alpha value is 0.137. The van der Waals surface area contributed by atoms with Gasteiger partial charge in [-0.15, -0.1) is 0 Å². The van der Waals surface area contributed by atoms with Gasteiger partial charge in [0.15, 0.2) is 9.04 Å². The summed E-state index contributed by atoms with van der Waals surface area (Å²) in [4.78, 5) is 0. The molecule has 0 aromatic heterocycles. The lowest BCUT2D eigenvalue weighted by Gasteiger charge is -2.18. The Balaban J connectivity index is 0.000000694. The van der Waals surface area contributed by atoms with Crippen molar-refractivity contribution in [3.8, 4) is 0 Å². The van der Waals surface area contributed by atoms with Crippen molar-refractivity contribution in [3.05, 3.63) is 0 Å². The molecule has 1 saturated heterocycles. The molecular weight excluding hydrogens is 346 g/mol. The second kappa shape index (κ2) is 24.2. The van der Waals surface area contributed by atoms with Crippen molar-refractivity contribution in [2.45, 2.75) is 142 Å². The fourth-order valence-corrected chi connectivity index (χ4v) is 5.88. The molecule has 164 valence electrons. The molecule has 0 bridgehead atoms. The number of hydrogen-bond acceptors (Lipinski definition) is 2. The molecule has 2 nitrogen and oxygen atoms in total. The van der Waals surface area contributed by atoms with Crippen molar-refractivity contribution in [1.82, 2.24) is 0 Å². The fourth-order valence-electron chi connectivity index (χ4n) is 3.82. The minimum Gasteiger partial charge on any atom is -0.420 e. The van der Waals surface area contributed by atoms with Crippen molar-refractivity contribution in [2.75, 3.05) is 13.2 Å². The molecule has 0 amide bonds. The van der Waals surface area contributed by atoms with Crippen LogP contribution in [-0.2, 0) is 4.43 Å². The van der Waals surface area contributed by atoms with E-state index in [1.54, 1.807) is 0 Å². The molecule has 1 heterocycles. The highest BCUT2D eigenvalue weighted by Crippen LogP contribution is 2.14. The lowest BCUT2D eigenvalue weighted by Crippen LogP contribution is -2.21. The molecule has 3 heteroatoms. The summed E-state index contributed by atoms with van der Waals surface area (Å²) < 4.78 is 5.57. The smallest absolute Gasteiger partial charge is 0.176 e. The van der Waals surface area contributed by atoms with E-state index in [4.69, 9.17) is 10.2 Å². The van der Waals surface area contributed by atoms with Crippen LogP contribution in [0.3, 0.4) is 0 Å². The van der Waals surface area contributed by atoms with Crippen molar-refractivity contribution in [1.29, 1.82) is 0 Å². The van der Waals surface area contributed by atoms with Gasteiger partial charge in [-0.1, -0.05) is 117 Å². The van der Waals surface area contributed by atoms with Gasteiger partial charge in [0, 0.05) is 6.61 Å². The zero-order chi connectivity index (χ0) is 19.8. The third-order valence-corrected chi connectivity index (χ3v) is 8.46. The van der Waals surface area contributed by atoms with E-state index < -0.39 is 9.04 Å². The molecule has 0 spiro atoms. The Kier molecular flexibility index (Phi) is 24.3. The zero-order valence-corrected chi connectivity index (χ0v) is 20.3. The molecule has 1 fully saturated rings. The number of hydrogen-bond donors (Lipinski definition) is 1. The van der Waals surface area contributed by atoms with Crippen molar-refractivity contribution in [3.63, 3.8) is 0 Å². The summed E-state index contributed by atoms with van der Waals surface area (Å²) in [6, 6.07) is 2.76. The van der Waals surface area contributed by atoms with Crippen LogP contribution in [0.1, 0.15) is 129 Å². The van der Waals surface area contributed by atoms with Crippen LogP contribution in [0, 0.1) is 0 Å². The number of rotatable bonds is 17. The van der Waals surface area contributed by atoms with Crippen molar-refractivity contribution >= 4 is 9.04 Å². The Bertz CT molecular complexity index is 241. The second-order valence-corrected chi connectivity index (χ2v) is 11.5. The SMILES string of the molecule is CCCCCCCCCCCCCCCCCCN.CC[SiH]1CCCCO1. The average Bonchev–Trinajstić information content (AvgIpc) is 2.72. The molecule has 1 aliphatic heterocycles. The molecule has 0 radical (unpaired) electrons. The molecular formula is C24H53NOSi. The van der Waals surface area contributed by atoms with E-state index in [1.165, 1.54) is 128 Å². The number of unbranched alkanes of at least 4 members (excludes halogenated alkanes) is 15. The minimum absolute atomic E-state index is 0.605. The Labute approximate surface area is 174 Å². The molecule has 0 aromatic carbocycles. The quantitative estimate of drug-likeness (QED) is 0.200. The highest BCUT2D eigenvalue weighted by atomic mass is 28.3. The maximum absolute atomic E-state index is 5.57. The van der Waals surface area contributed by atoms with Gasteiger partial charge < -0.3 is 10.2 Å². The van der Waals surface area contributed by atoms with Gasteiger partial charge in [0.25, 0.3) is 0 Å². The summed E-state index contributed by atoms with van der Waals surface area (Å²) in [6.45, 7) is 6.48. The van der Waals surface area contributed by atoms with Crippen molar-refractivity contribution < 1.29 is 4.43 Å². The van der Waals surface area contributed by atoms with E-state index in [2.05, 4.69) is 13.8 Å². The standard InChI is InChI=1S/C18H39N.C6H14OSi/c1-2-3-4-5-6-7-8-9-10-11-12-13-14-15-16-17-18-19;1-2-8-6-4-3-5-7-8/h2-19H2,1H3;8H,2-6H2,1H3. The van der Waals surface area contributed by atoms with Crippen LogP contribution in [0.4, 0.5) is 0 Å².